The molecule has 1 aromatic carbocycles. The van der Waals surface area contributed by atoms with Gasteiger partial charge in [0.15, 0.2) is 0 Å². The Balaban J connectivity index is 3.21. The lowest BCUT2D eigenvalue weighted by Crippen LogP contribution is -2.10. The molecule has 0 atom stereocenters. The summed E-state index contributed by atoms with van der Waals surface area (Å²) < 4.78 is 61.9. The number of alkyl halides is 5. The standard InChI is InChI=1S/C9H6BrF5/c1-8(11,12)5-2-3-6(7(10)4-5)9(13,14)15/h2-4H,1H3. The van der Waals surface area contributed by atoms with Crippen LogP contribution in [0.5, 0.6) is 0 Å². The van der Waals surface area contributed by atoms with Crippen LogP contribution in [-0.4, -0.2) is 0 Å². The Hall–Kier alpha value is -0.650. The Labute approximate surface area is 91.2 Å². The van der Waals surface area contributed by atoms with E-state index in [1.165, 1.54) is 0 Å². The van der Waals surface area contributed by atoms with Crippen molar-refractivity contribution in [3.8, 4) is 0 Å². The van der Waals surface area contributed by atoms with Gasteiger partial charge >= 0.3 is 6.18 Å². The van der Waals surface area contributed by atoms with Crippen LogP contribution in [0.4, 0.5) is 22.0 Å². The highest BCUT2D eigenvalue weighted by molar-refractivity contribution is 9.10. The molecular formula is C9H6BrF5. The molecule has 0 radical (unpaired) electrons. The highest BCUT2D eigenvalue weighted by atomic mass is 79.9. The Morgan fingerprint density at radius 2 is 1.60 bits per heavy atom. The minimum atomic E-state index is -4.54. The second-order valence-corrected chi connectivity index (χ2v) is 3.94. The molecule has 0 amide bonds. The van der Waals surface area contributed by atoms with E-state index in [4.69, 9.17) is 0 Å². The van der Waals surface area contributed by atoms with Gasteiger partial charge in [-0.15, -0.1) is 0 Å². The lowest BCUT2D eigenvalue weighted by Gasteiger charge is -2.14. The summed E-state index contributed by atoms with van der Waals surface area (Å²) in [6, 6.07) is 2.19. The topological polar surface area (TPSA) is 0 Å². The van der Waals surface area contributed by atoms with Crippen LogP contribution in [0.2, 0.25) is 0 Å². The van der Waals surface area contributed by atoms with Crippen molar-refractivity contribution in [3.63, 3.8) is 0 Å². The molecule has 0 saturated carbocycles. The molecular weight excluding hydrogens is 283 g/mol. The fraction of sp³-hybridized carbons (Fsp3) is 0.333. The molecule has 0 bridgehead atoms. The highest BCUT2D eigenvalue weighted by Crippen LogP contribution is 2.37. The van der Waals surface area contributed by atoms with Gasteiger partial charge in [-0.1, -0.05) is 22.0 Å². The summed E-state index contributed by atoms with van der Waals surface area (Å²) in [6.45, 7) is 0.627. The molecule has 1 rings (SSSR count). The first-order valence-corrected chi connectivity index (χ1v) is 4.66. The van der Waals surface area contributed by atoms with Crippen molar-refractivity contribution >= 4 is 15.9 Å². The Bertz CT molecular complexity index is 364. The minimum absolute atomic E-state index is 0.381. The Morgan fingerprint density at radius 3 is 1.93 bits per heavy atom. The second kappa shape index (κ2) is 3.73. The first kappa shape index (κ1) is 12.4. The van der Waals surface area contributed by atoms with Gasteiger partial charge in [0.2, 0.25) is 0 Å². The van der Waals surface area contributed by atoms with Crippen molar-refractivity contribution in [2.45, 2.75) is 19.0 Å². The lowest BCUT2D eigenvalue weighted by atomic mass is 10.1. The summed E-state index contributed by atoms with van der Waals surface area (Å²) in [4.78, 5) is 0. The van der Waals surface area contributed by atoms with E-state index in [1.54, 1.807) is 0 Å². The Kier molecular flexibility index (Phi) is 3.09. The molecule has 0 spiro atoms. The predicted molar refractivity (Wildman–Crippen MR) is 48.7 cm³/mol. The molecule has 0 heterocycles. The van der Waals surface area contributed by atoms with Crippen molar-refractivity contribution in [2.75, 3.05) is 0 Å². The average molecular weight is 289 g/mol. The van der Waals surface area contributed by atoms with Gasteiger partial charge < -0.3 is 0 Å². The number of hydrogen-bond acceptors (Lipinski definition) is 0. The van der Waals surface area contributed by atoms with Gasteiger partial charge in [0.05, 0.1) is 5.56 Å². The van der Waals surface area contributed by atoms with Crippen molar-refractivity contribution in [2.24, 2.45) is 0 Å². The van der Waals surface area contributed by atoms with Gasteiger partial charge in [-0.05, 0) is 12.1 Å². The summed E-state index contributed by atoms with van der Waals surface area (Å²) in [7, 11) is 0. The molecule has 0 saturated heterocycles. The molecule has 0 aromatic heterocycles. The van der Waals surface area contributed by atoms with Gasteiger partial charge in [0, 0.05) is 17.0 Å². The largest absolute Gasteiger partial charge is 0.417 e. The van der Waals surface area contributed by atoms with E-state index in [9.17, 15) is 22.0 Å². The molecule has 0 N–H and O–H groups in total. The normalized spacial score (nSPS) is 13.0. The van der Waals surface area contributed by atoms with Crippen LogP contribution in [0.25, 0.3) is 0 Å². The van der Waals surface area contributed by atoms with E-state index in [2.05, 4.69) is 15.9 Å². The summed E-state index contributed by atoms with van der Waals surface area (Å²) in [5.41, 5.74) is -1.42. The molecule has 84 valence electrons. The van der Waals surface area contributed by atoms with Crippen LogP contribution in [0.1, 0.15) is 18.1 Å². The molecule has 0 aliphatic heterocycles. The molecule has 1 aromatic rings. The first-order valence-electron chi connectivity index (χ1n) is 3.87. The molecule has 0 aliphatic carbocycles. The third-order valence-electron chi connectivity index (χ3n) is 1.78. The monoisotopic (exact) mass is 288 g/mol. The van der Waals surface area contributed by atoms with E-state index in [0.29, 0.717) is 13.0 Å². The lowest BCUT2D eigenvalue weighted by molar-refractivity contribution is -0.138. The van der Waals surface area contributed by atoms with Crippen LogP contribution in [0.15, 0.2) is 22.7 Å². The third-order valence-corrected chi connectivity index (χ3v) is 2.44. The van der Waals surface area contributed by atoms with Crippen molar-refractivity contribution < 1.29 is 22.0 Å². The fourth-order valence-electron chi connectivity index (χ4n) is 1.02. The predicted octanol–water partition coefficient (Wildman–Crippen LogP) is 4.58. The molecule has 0 unspecified atom stereocenters. The van der Waals surface area contributed by atoms with E-state index >= 15 is 0 Å². The number of hydrogen-bond donors (Lipinski definition) is 0. The summed E-state index contributed by atoms with van der Waals surface area (Å²) in [5, 5.41) is 0. The molecule has 15 heavy (non-hydrogen) atoms. The summed E-state index contributed by atoms with van der Waals surface area (Å²) in [5.74, 6) is -3.15. The Morgan fingerprint density at radius 1 is 1.07 bits per heavy atom. The van der Waals surface area contributed by atoms with E-state index in [-0.39, 0.29) is 4.47 Å². The summed E-state index contributed by atoms with van der Waals surface area (Å²) >= 11 is 2.62. The van der Waals surface area contributed by atoms with Gasteiger partial charge in [0.1, 0.15) is 0 Å². The first-order chi connectivity index (χ1) is 6.62. The summed E-state index contributed by atoms with van der Waals surface area (Å²) in [6.07, 6.45) is -4.54. The zero-order chi connectivity index (χ0) is 11.9. The second-order valence-electron chi connectivity index (χ2n) is 3.08. The maximum Gasteiger partial charge on any atom is 0.417 e. The number of halogens is 6. The van der Waals surface area contributed by atoms with Crippen LogP contribution in [0.3, 0.4) is 0 Å². The molecule has 6 heteroatoms. The zero-order valence-corrected chi connectivity index (χ0v) is 9.09. The van der Waals surface area contributed by atoms with E-state index in [1.807, 2.05) is 0 Å². The van der Waals surface area contributed by atoms with Gasteiger partial charge in [-0.25, -0.2) is 8.78 Å². The van der Waals surface area contributed by atoms with Crippen LogP contribution in [0, 0.1) is 0 Å². The molecule has 0 nitrogen and oxygen atoms in total. The van der Waals surface area contributed by atoms with Crippen LogP contribution < -0.4 is 0 Å². The average Bonchev–Trinajstić information content (AvgIpc) is 1.99. The maximum atomic E-state index is 12.8. The highest BCUT2D eigenvalue weighted by Gasteiger charge is 2.34. The SMILES string of the molecule is CC(F)(F)c1ccc(C(F)(F)F)c(Br)c1. The van der Waals surface area contributed by atoms with Crippen LogP contribution >= 0.6 is 15.9 Å². The van der Waals surface area contributed by atoms with Gasteiger partial charge in [0.25, 0.3) is 5.92 Å². The van der Waals surface area contributed by atoms with E-state index in [0.717, 1.165) is 12.1 Å². The molecule has 0 aliphatic rings. The van der Waals surface area contributed by atoms with Gasteiger partial charge in [-0.2, -0.15) is 13.2 Å². The minimum Gasteiger partial charge on any atom is -0.202 e. The quantitative estimate of drug-likeness (QED) is 0.664. The van der Waals surface area contributed by atoms with Crippen molar-refractivity contribution in [1.29, 1.82) is 0 Å². The van der Waals surface area contributed by atoms with Crippen molar-refractivity contribution in [3.05, 3.63) is 33.8 Å². The number of rotatable bonds is 1. The zero-order valence-electron chi connectivity index (χ0n) is 7.50. The van der Waals surface area contributed by atoms with Crippen molar-refractivity contribution in [1.82, 2.24) is 0 Å². The maximum absolute atomic E-state index is 12.8. The fourth-order valence-corrected chi connectivity index (χ4v) is 1.62. The smallest absolute Gasteiger partial charge is 0.202 e. The van der Waals surface area contributed by atoms with E-state index < -0.39 is 23.2 Å². The third kappa shape index (κ3) is 2.90. The van der Waals surface area contributed by atoms with Crippen LogP contribution in [-0.2, 0) is 12.1 Å². The molecule has 0 fully saturated rings. The number of benzene rings is 1. The van der Waals surface area contributed by atoms with Gasteiger partial charge in [-0.3, -0.25) is 0 Å².